The molecule has 1 aliphatic heterocycles. The van der Waals surface area contributed by atoms with Gasteiger partial charge in [-0.1, -0.05) is 18.2 Å². The fourth-order valence-corrected chi connectivity index (χ4v) is 3.80. The lowest BCUT2D eigenvalue weighted by atomic mass is 10.1. The summed E-state index contributed by atoms with van der Waals surface area (Å²) >= 11 is 0. The molecule has 2 N–H and O–H groups in total. The highest BCUT2D eigenvalue weighted by Gasteiger charge is 2.25. The van der Waals surface area contributed by atoms with Crippen LogP contribution in [-0.2, 0) is 0 Å². The number of furan rings is 1. The summed E-state index contributed by atoms with van der Waals surface area (Å²) in [7, 11) is 0. The summed E-state index contributed by atoms with van der Waals surface area (Å²) in [5.41, 5.74) is 2.05. The Kier molecular flexibility index (Phi) is 4.51. The van der Waals surface area contributed by atoms with Crippen molar-refractivity contribution >= 4 is 22.6 Å². The molecule has 2 aromatic heterocycles. The van der Waals surface area contributed by atoms with Gasteiger partial charge in [0.2, 0.25) is 0 Å². The van der Waals surface area contributed by atoms with E-state index in [0.29, 0.717) is 0 Å². The van der Waals surface area contributed by atoms with Gasteiger partial charge in [0.25, 0.3) is 0 Å². The summed E-state index contributed by atoms with van der Waals surface area (Å²) in [6.07, 6.45) is 3.65. The van der Waals surface area contributed by atoms with Crippen molar-refractivity contribution < 1.29 is 9.52 Å². The first-order valence-electron chi connectivity index (χ1n) is 9.11. The molecular formula is C20H24N4O2. The fourth-order valence-electron chi connectivity index (χ4n) is 3.80. The number of aromatic nitrogens is 2. The highest BCUT2D eigenvalue weighted by atomic mass is 16.3. The molecular weight excluding hydrogens is 328 g/mol. The molecule has 6 nitrogen and oxygen atoms in total. The van der Waals surface area contributed by atoms with E-state index in [2.05, 4.69) is 40.1 Å². The number of benzene rings is 1. The van der Waals surface area contributed by atoms with Gasteiger partial charge in [-0.05, 0) is 32.8 Å². The van der Waals surface area contributed by atoms with Crippen molar-refractivity contribution in [2.24, 2.45) is 0 Å². The van der Waals surface area contributed by atoms with Gasteiger partial charge in [0, 0.05) is 23.6 Å². The summed E-state index contributed by atoms with van der Waals surface area (Å²) in [4.78, 5) is 10.9. The van der Waals surface area contributed by atoms with Crippen LogP contribution < -0.4 is 10.2 Å². The van der Waals surface area contributed by atoms with Crippen LogP contribution in [-0.4, -0.2) is 34.3 Å². The number of anilines is 2. The Morgan fingerprint density at radius 1 is 1.35 bits per heavy atom. The average molecular weight is 352 g/mol. The zero-order chi connectivity index (χ0) is 18.1. The fraction of sp³-hybridized carbons (Fsp3) is 0.400. The number of nitrogens with zero attached hydrogens (tertiary/aromatic N) is 3. The van der Waals surface area contributed by atoms with Crippen molar-refractivity contribution in [2.75, 3.05) is 23.4 Å². The maximum atomic E-state index is 9.55. The summed E-state index contributed by atoms with van der Waals surface area (Å²) in [6, 6.07) is 10.2. The van der Waals surface area contributed by atoms with E-state index in [9.17, 15) is 5.11 Å². The second-order valence-corrected chi connectivity index (χ2v) is 6.89. The molecule has 0 saturated carbocycles. The van der Waals surface area contributed by atoms with E-state index >= 15 is 0 Å². The van der Waals surface area contributed by atoms with Gasteiger partial charge in [-0.15, -0.1) is 0 Å². The first kappa shape index (κ1) is 16.8. The quantitative estimate of drug-likeness (QED) is 0.730. The maximum absolute atomic E-state index is 9.55. The number of aliphatic hydroxyl groups excluding tert-OH is 1. The molecule has 1 saturated heterocycles. The van der Waals surface area contributed by atoms with Crippen molar-refractivity contribution in [2.45, 2.75) is 38.8 Å². The molecule has 2 atom stereocenters. The van der Waals surface area contributed by atoms with Gasteiger partial charge in [-0.3, -0.25) is 0 Å². The van der Waals surface area contributed by atoms with E-state index in [4.69, 9.17) is 4.42 Å². The molecule has 1 aliphatic rings. The first-order valence-corrected chi connectivity index (χ1v) is 9.11. The van der Waals surface area contributed by atoms with Crippen LogP contribution in [0.3, 0.4) is 0 Å². The Morgan fingerprint density at radius 3 is 3.00 bits per heavy atom. The van der Waals surface area contributed by atoms with Crippen LogP contribution in [0, 0.1) is 6.92 Å². The molecule has 3 aromatic rings. The summed E-state index contributed by atoms with van der Waals surface area (Å²) in [5.74, 6) is 2.53. The zero-order valence-electron chi connectivity index (χ0n) is 15.1. The second kappa shape index (κ2) is 6.96. The molecule has 26 heavy (non-hydrogen) atoms. The Morgan fingerprint density at radius 2 is 2.19 bits per heavy atom. The molecule has 0 aliphatic carbocycles. The van der Waals surface area contributed by atoms with Crippen molar-refractivity contribution in [1.29, 1.82) is 0 Å². The van der Waals surface area contributed by atoms with Crippen LogP contribution >= 0.6 is 0 Å². The predicted molar refractivity (Wildman–Crippen MR) is 102 cm³/mol. The Labute approximate surface area is 152 Å². The number of aliphatic hydroxyl groups is 1. The summed E-state index contributed by atoms with van der Waals surface area (Å²) < 4.78 is 6.05. The van der Waals surface area contributed by atoms with E-state index in [0.717, 1.165) is 53.3 Å². The van der Waals surface area contributed by atoms with Crippen molar-refractivity contribution in [3.05, 3.63) is 48.0 Å². The average Bonchev–Trinajstić information content (AvgIpc) is 3.27. The Bertz CT molecular complexity index is 908. The van der Waals surface area contributed by atoms with Crippen LogP contribution in [0.2, 0.25) is 0 Å². The van der Waals surface area contributed by atoms with Gasteiger partial charge in [0.1, 0.15) is 29.3 Å². The van der Waals surface area contributed by atoms with Crippen LogP contribution in [0.5, 0.6) is 0 Å². The molecule has 2 unspecified atom stereocenters. The molecule has 4 rings (SSSR count). The van der Waals surface area contributed by atoms with Gasteiger partial charge >= 0.3 is 0 Å². The lowest BCUT2D eigenvalue weighted by molar-refractivity contribution is 0.266. The SMILES string of the molecule is Cc1c(C(C)Nc2cc(N3CCCC3CO)ncn2)oc2ccccc12. The highest BCUT2D eigenvalue weighted by Crippen LogP contribution is 2.31. The highest BCUT2D eigenvalue weighted by molar-refractivity contribution is 5.82. The van der Waals surface area contributed by atoms with Crippen LogP contribution in [0.15, 0.2) is 41.1 Å². The number of aryl methyl sites for hydroxylation is 1. The van der Waals surface area contributed by atoms with Gasteiger partial charge in [0.05, 0.1) is 18.7 Å². The number of hydrogen-bond donors (Lipinski definition) is 2. The maximum Gasteiger partial charge on any atom is 0.134 e. The lowest BCUT2D eigenvalue weighted by Crippen LogP contribution is -2.32. The van der Waals surface area contributed by atoms with Crippen molar-refractivity contribution in [3.8, 4) is 0 Å². The van der Waals surface area contributed by atoms with E-state index in [1.165, 1.54) is 0 Å². The van der Waals surface area contributed by atoms with E-state index < -0.39 is 0 Å². The number of fused-ring (bicyclic) bond motifs is 1. The van der Waals surface area contributed by atoms with Gasteiger partial charge in [-0.2, -0.15) is 0 Å². The third-order valence-corrected chi connectivity index (χ3v) is 5.17. The number of nitrogens with one attached hydrogen (secondary N) is 1. The largest absolute Gasteiger partial charge is 0.459 e. The number of rotatable bonds is 5. The first-order chi connectivity index (χ1) is 12.7. The molecule has 3 heterocycles. The number of hydrogen-bond acceptors (Lipinski definition) is 6. The molecule has 0 radical (unpaired) electrons. The minimum atomic E-state index is -0.0163. The summed E-state index contributed by atoms with van der Waals surface area (Å²) in [6.45, 7) is 5.22. The molecule has 0 spiro atoms. The molecule has 136 valence electrons. The van der Waals surface area contributed by atoms with Gasteiger partial charge < -0.3 is 19.7 Å². The predicted octanol–water partition coefficient (Wildman–Crippen LogP) is 3.67. The molecule has 1 fully saturated rings. The Hall–Kier alpha value is -2.60. The normalized spacial score (nSPS) is 18.4. The third-order valence-electron chi connectivity index (χ3n) is 5.17. The second-order valence-electron chi connectivity index (χ2n) is 6.89. The monoisotopic (exact) mass is 352 g/mol. The zero-order valence-corrected chi connectivity index (χ0v) is 15.1. The molecule has 0 bridgehead atoms. The van der Waals surface area contributed by atoms with Crippen molar-refractivity contribution in [1.82, 2.24) is 9.97 Å². The van der Waals surface area contributed by atoms with Crippen LogP contribution in [0.1, 0.15) is 37.1 Å². The van der Waals surface area contributed by atoms with Crippen LogP contribution in [0.25, 0.3) is 11.0 Å². The van der Waals surface area contributed by atoms with E-state index in [1.54, 1.807) is 6.33 Å². The van der Waals surface area contributed by atoms with Crippen molar-refractivity contribution in [3.63, 3.8) is 0 Å². The van der Waals surface area contributed by atoms with Crippen LogP contribution in [0.4, 0.5) is 11.6 Å². The molecule has 0 amide bonds. The van der Waals surface area contributed by atoms with Gasteiger partial charge in [-0.25, -0.2) is 9.97 Å². The minimum Gasteiger partial charge on any atom is -0.459 e. The lowest BCUT2D eigenvalue weighted by Gasteiger charge is -2.24. The minimum absolute atomic E-state index is 0.0163. The van der Waals surface area contributed by atoms with E-state index in [1.807, 2.05) is 24.3 Å². The van der Waals surface area contributed by atoms with Gasteiger partial charge in [0.15, 0.2) is 0 Å². The topological polar surface area (TPSA) is 74.4 Å². The molecule has 6 heteroatoms. The molecule has 1 aromatic carbocycles. The number of para-hydroxylation sites is 1. The standard InChI is InChI=1S/C20H24N4O2/c1-13-16-7-3-4-8-17(16)26-20(13)14(2)23-18-10-19(22-12-21-18)24-9-5-6-15(24)11-25/h3-4,7-8,10,12,14-15,25H,5-6,9,11H2,1-2H3,(H,21,22,23). The Balaban J connectivity index is 1.57. The van der Waals surface area contributed by atoms with E-state index in [-0.39, 0.29) is 18.7 Å². The summed E-state index contributed by atoms with van der Waals surface area (Å²) in [5, 5.41) is 14.1. The smallest absolute Gasteiger partial charge is 0.134 e. The third kappa shape index (κ3) is 3.01.